The summed E-state index contributed by atoms with van der Waals surface area (Å²) in [5, 5.41) is 2.86. The average Bonchev–Trinajstić information content (AvgIpc) is 2.67. The number of aryl methyl sites for hydroxylation is 2. The van der Waals surface area contributed by atoms with Gasteiger partial charge in [0.15, 0.2) is 0 Å². The highest BCUT2D eigenvalue weighted by Crippen LogP contribution is 2.21. The summed E-state index contributed by atoms with van der Waals surface area (Å²) >= 11 is 0. The summed E-state index contributed by atoms with van der Waals surface area (Å²) in [6.07, 6.45) is 0. The molecule has 28 heavy (non-hydrogen) atoms. The molecule has 0 saturated carbocycles. The number of nitrogens with zero attached hydrogens (tertiary/aromatic N) is 1. The van der Waals surface area contributed by atoms with Crippen molar-refractivity contribution in [2.24, 2.45) is 0 Å². The van der Waals surface area contributed by atoms with Gasteiger partial charge in [-0.2, -0.15) is 4.31 Å². The van der Waals surface area contributed by atoms with Gasteiger partial charge in [-0.15, -0.1) is 0 Å². The van der Waals surface area contributed by atoms with Gasteiger partial charge in [-0.3, -0.25) is 4.79 Å². The van der Waals surface area contributed by atoms with Gasteiger partial charge in [0, 0.05) is 6.54 Å². The molecular formula is C21H28N2O4S. The van der Waals surface area contributed by atoms with Crippen LogP contribution in [0.15, 0.2) is 47.4 Å². The predicted octanol–water partition coefficient (Wildman–Crippen LogP) is 3.20. The Bertz CT molecular complexity index is 924. The minimum atomic E-state index is -3.75. The third-order valence-corrected chi connectivity index (χ3v) is 6.69. The maximum Gasteiger partial charge on any atom is 0.243 e. The highest BCUT2D eigenvalue weighted by Gasteiger charge is 2.27. The number of hydrogen-bond donors (Lipinski definition) is 1. The number of sulfonamides is 1. The fourth-order valence-electron chi connectivity index (χ4n) is 2.91. The number of carbonyl (C=O) groups excluding carboxylic acids is 1. The Labute approximate surface area is 167 Å². The van der Waals surface area contributed by atoms with E-state index in [4.69, 9.17) is 4.74 Å². The second-order valence-corrected chi connectivity index (χ2v) is 8.67. The molecule has 1 N–H and O–H groups in total. The predicted molar refractivity (Wildman–Crippen MR) is 110 cm³/mol. The van der Waals surface area contributed by atoms with Crippen LogP contribution >= 0.6 is 0 Å². The molecule has 2 aromatic rings. The van der Waals surface area contributed by atoms with Crippen molar-refractivity contribution in [3.63, 3.8) is 0 Å². The van der Waals surface area contributed by atoms with E-state index < -0.39 is 10.0 Å². The Kier molecular flexibility index (Phi) is 7.21. The molecule has 2 aromatic carbocycles. The Hall–Kier alpha value is -2.38. The van der Waals surface area contributed by atoms with Crippen LogP contribution in [0.3, 0.4) is 0 Å². The molecule has 0 saturated heterocycles. The van der Waals surface area contributed by atoms with Crippen LogP contribution in [-0.4, -0.2) is 38.8 Å². The quantitative estimate of drug-likeness (QED) is 0.733. The minimum Gasteiger partial charge on any atom is -0.497 e. The van der Waals surface area contributed by atoms with Gasteiger partial charge >= 0.3 is 0 Å². The first kappa shape index (κ1) is 21.9. The topological polar surface area (TPSA) is 75.7 Å². The van der Waals surface area contributed by atoms with Crippen molar-refractivity contribution in [3.8, 4) is 5.75 Å². The summed E-state index contributed by atoms with van der Waals surface area (Å²) < 4.78 is 32.4. The third kappa shape index (κ3) is 5.11. The lowest BCUT2D eigenvalue weighted by atomic mass is 10.1. The lowest BCUT2D eigenvalue weighted by molar-refractivity contribution is -0.121. The molecule has 0 bridgehead atoms. The minimum absolute atomic E-state index is 0.208. The first-order valence-electron chi connectivity index (χ1n) is 9.19. The van der Waals surface area contributed by atoms with Crippen LogP contribution in [0.4, 0.5) is 0 Å². The Morgan fingerprint density at radius 1 is 1.14 bits per heavy atom. The van der Waals surface area contributed by atoms with Crippen molar-refractivity contribution >= 4 is 15.9 Å². The number of amides is 1. The number of likely N-dealkylation sites (N-methyl/N-ethyl adjacent to an activating group) is 1. The molecule has 6 nitrogen and oxygen atoms in total. The number of benzene rings is 2. The maximum atomic E-state index is 13.0. The number of carbonyl (C=O) groups is 1. The number of methoxy groups -OCH3 is 1. The fraction of sp³-hybridized carbons (Fsp3) is 0.381. The zero-order valence-corrected chi connectivity index (χ0v) is 17.8. The molecule has 0 radical (unpaired) electrons. The molecule has 2 rings (SSSR count). The number of ether oxygens (including phenoxy) is 1. The second-order valence-electron chi connectivity index (χ2n) is 6.76. The van der Waals surface area contributed by atoms with Gasteiger partial charge in [-0.05, 0) is 55.7 Å². The van der Waals surface area contributed by atoms with Crippen LogP contribution in [0, 0.1) is 13.8 Å². The van der Waals surface area contributed by atoms with E-state index in [9.17, 15) is 13.2 Å². The van der Waals surface area contributed by atoms with Crippen LogP contribution < -0.4 is 10.1 Å². The van der Waals surface area contributed by atoms with Gasteiger partial charge in [0.25, 0.3) is 0 Å². The molecule has 0 fully saturated rings. The molecule has 1 amide bonds. The van der Waals surface area contributed by atoms with Crippen LogP contribution in [-0.2, 0) is 14.8 Å². The van der Waals surface area contributed by atoms with Crippen LogP contribution in [0.5, 0.6) is 5.75 Å². The monoisotopic (exact) mass is 404 g/mol. The largest absolute Gasteiger partial charge is 0.497 e. The van der Waals surface area contributed by atoms with Crippen LogP contribution in [0.1, 0.15) is 36.6 Å². The zero-order valence-electron chi connectivity index (χ0n) is 17.0. The summed E-state index contributed by atoms with van der Waals surface area (Å²) in [7, 11) is -2.16. The van der Waals surface area contributed by atoms with Gasteiger partial charge in [-0.25, -0.2) is 8.42 Å². The number of rotatable bonds is 8. The van der Waals surface area contributed by atoms with Crippen molar-refractivity contribution in [1.29, 1.82) is 0 Å². The highest BCUT2D eigenvalue weighted by atomic mass is 32.2. The molecular weight excluding hydrogens is 376 g/mol. The van der Waals surface area contributed by atoms with E-state index in [-0.39, 0.29) is 29.9 Å². The first-order chi connectivity index (χ1) is 13.2. The van der Waals surface area contributed by atoms with Gasteiger partial charge in [-0.1, -0.05) is 31.2 Å². The number of nitrogens with one attached hydrogen (secondary N) is 1. The Balaban J connectivity index is 2.12. The first-order valence-corrected chi connectivity index (χ1v) is 10.6. The van der Waals surface area contributed by atoms with Gasteiger partial charge in [0.2, 0.25) is 15.9 Å². The molecule has 0 aliphatic carbocycles. The molecule has 7 heteroatoms. The van der Waals surface area contributed by atoms with Crippen molar-refractivity contribution in [3.05, 3.63) is 59.2 Å². The zero-order chi connectivity index (χ0) is 20.9. The standard InChI is InChI=1S/C21H28N2O4S/c1-6-23(28(25,26)20-13-15(2)7-8-16(20)3)14-21(24)22-17(4)18-9-11-19(27-5)12-10-18/h7-13,17H,6,14H2,1-5H3,(H,22,24)/t17-/m1/s1. The van der Waals surface area contributed by atoms with E-state index in [1.807, 2.05) is 44.2 Å². The average molecular weight is 405 g/mol. The molecule has 0 unspecified atom stereocenters. The molecule has 0 aromatic heterocycles. The maximum absolute atomic E-state index is 13.0. The lowest BCUT2D eigenvalue weighted by Gasteiger charge is -2.23. The van der Waals surface area contributed by atoms with Gasteiger partial charge in [0.1, 0.15) is 5.75 Å². The number of hydrogen-bond acceptors (Lipinski definition) is 4. The van der Waals surface area contributed by atoms with Gasteiger partial charge in [0.05, 0.1) is 24.6 Å². The molecule has 1 atom stereocenters. The SMILES string of the molecule is CCN(CC(=O)N[C@H](C)c1ccc(OC)cc1)S(=O)(=O)c1cc(C)ccc1C. The highest BCUT2D eigenvalue weighted by molar-refractivity contribution is 7.89. The Morgan fingerprint density at radius 3 is 2.36 bits per heavy atom. The summed E-state index contributed by atoms with van der Waals surface area (Å²) in [5.74, 6) is 0.387. The molecule has 152 valence electrons. The summed E-state index contributed by atoms with van der Waals surface area (Å²) in [4.78, 5) is 12.7. The van der Waals surface area contributed by atoms with Crippen molar-refractivity contribution in [1.82, 2.24) is 9.62 Å². The van der Waals surface area contributed by atoms with Crippen molar-refractivity contribution in [2.45, 2.75) is 38.6 Å². The van der Waals surface area contributed by atoms with Crippen molar-refractivity contribution < 1.29 is 17.9 Å². The van der Waals surface area contributed by atoms with E-state index in [2.05, 4.69) is 5.32 Å². The molecule has 0 aliphatic heterocycles. The summed E-state index contributed by atoms with van der Waals surface area (Å²) in [6, 6.07) is 12.4. The van der Waals surface area contributed by atoms with Crippen LogP contribution in [0.2, 0.25) is 0 Å². The summed E-state index contributed by atoms with van der Waals surface area (Å²) in [6.45, 7) is 7.16. The normalized spacial score (nSPS) is 12.6. The molecule has 0 aliphatic rings. The lowest BCUT2D eigenvalue weighted by Crippen LogP contribution is -2.41. The third-order valence-electron chi connectivity index (χ3n) is 4.63. The van der Waals surface area contributed by atoms with E-state index >= 15 is 0 Å². The smallest absolute Gasteiger partial charge is 0.243 e. The van der Waals surface area contributed by atoms with E-state index in [1.54, 1.807) is 33.1 Å². The van der Waals surface area contributed by atoms with Crippen LogP contribution in [0.25, 0.3) is 0 Å². The van der Waals surface area contributed by atoms with Gasteiger partial charge < -0.3 is 10.1 Å². The van der Waals surface area contributed by atoms with E-state index in [1.165, 1.54) is 4.31 Å². The van der Waals surface area contributed by atoms with Crippen molar-refractivity contribution in [2.75, 3.05) is 20.2 Å². The van der Waals surface area contributed by atoms with E-state index in [0.29, 0.717) is 5.56 Å². The van der Waals surface area contributed by atoms with E-state index in [0.717, 1.165) is 16.9 Å². The molecule has 0 heterocycles. The fourth-order valence-corrected chi connectivity index (χ4v) is 4.63. The second kappa shape index (κ2) is 9.21. The molecule has 0 spiro atoms. The summed E-state index contributed by atoms with van der Waals surface area (Å²) in [5.41, 5.74) is 2.43. The Morgan fingerprint density at radius 2 is 1.79 bits per heavy atom.